The maximum atomic E-state index is 5.81. The highest BCUT2D eigenvalue weighted by Gasteiger charge is 2.03. The molecule has 0 aliphatic carbocycles. The van der Waals surface area contributed by atoms with Crippen LogP contribution in [0.4, 0.5) is 0 Å². The van der Waals surface area contributed by atoms with Crippen molar-refractivity contribution >= 4 is 38.5 Å². The monoisotopic (exact) mass is 417 g/mol. The van der Waals surface area contributed by atoms with Gasteiger partial charge in [0, 0.05) is 8.04 Å². The molecule has 0 bridgehead atoms. The molecule has 0 amide bonds. The summed E-state index contributed by atoms with van der Waals surface area (Å²) in [5.41, 5.74) is 6.76. The lowest BCUT2D eigenvalue weighted by Crippen LogP contribution is -2.03. The van der Waals surface area contributed by atoms with Gasteiger partial charge in [-0.3, -0.25) is 0 Å². The molecule has 4 heteroatoms. The number of ether oxygens (including phenoxy) is 1. The molecule has 0 aromatic heterocycles. The van der Waals surface area contributed by atoms with Gasteiger partial charge in [-0.15, -0.1) is 0 Å². The van der Waals surface area contributed by atoms with Crippen LogP contribution in [0.15, 0.2) is 46.9 Å². The largest absolute Gasteiger partial charge is 0.457 e. The molecule has 2 N–H and O–H groups in total. The lowest BCUT2D eigenvalue weighted by atomic mass is 10.1. The van der Waals surface area contributed by atoms with Crippen LogP contribution in [0.1, 0.15) is 5.56 Å². The zero-order valence-corrected chi connectivity index (χ0v) is 13.4. The number of benzene rings is 2. The molecule has 0 spiro atoms. The van der Waals surface area contributed by atoms with Gasteiger partial charge in [-0.2, -0.15) is 0 Å². The number of hydrogen-bond donors (Lipinski definition) is 1. The van der Waals surface area contributed by atoms with Crippen LogP contribution < -0.4 is 10.5 Å². The Bertz CT molecular complexity index is 545. The summed E-state index contributed by atoms with van der Waals surface area (Å²) in [6.45, 7) is 0.648. The summed E-state index contributed by atoms with van der Waals surface area (Å²) in [5, 5.41) is 0. The third-order valence-electron chi connectivity index (χ3n) is 2.47. The van der Waals surface area contributed by atoms with Gasteiger partial charge in [-0.25, -0.2) is 0 Å². The molecule has 18 heavy (non-hydrogen) atoms. The summed E-state index contributed by atoms with van der Waals surface area (Å²) in [6.07, 6.45) is 0.865. The lowest BCUT2D eigenvalue weighted by molar-refractivity contribution is 0.481. The first kappa shape index (κ1) is 13.8. The Morgan fingerprint density at radius 2 is 1.89 bits per heavy atom. The molecular weight excluding hydrogens is 405 g/mol. The van der Waals surface area contributed by atoms with Crippen molar-refractivity contribution in [1.29, 1.82) is 0 Å². The summed E-state index contributed by atoms with van der Waals surface area (Å²) in [5.74, 6) is 1.67. The van der Waals surface area contributed by atoms with E-state index in [0.717, 1.165) is 26.0 Å². The minimum atomic E-state index is 0.648. The van der Waals surface area contributed by atoms with E-state index in [2.05, 4.69) is 38.5 Å². The average Bonchev–Trinajstić information content (AvgIpc) is 2.33. The molecule has 0 heterocycles. The number of halogens is 2. The predicted molar refractivity (Wildman–Crippen MR) is 86.1 cm³/mol. The van der Waals surface area contributed by atoms with Crippen molar-refractivity contribution in [3.05, 3.63) is 56.1 Å². The fourth-order valence-electron chi connectivity index (χ4n) is 1.62. The van der Waals surface area contributed by atoms with E-state index in [-0.39, 0.29) is 0 Å². The van der Waals surface area contributed by atoms with Crippen LogP contribution in [0.5, 0.6) is 11.5 Å². The molecule has 2 rings (SSSR count). The Morgan fingerprint density at radius 1 is 1.11 bits per heavy atom. The minimum Gasteiger partial charge on any atom is -0.457 e. The Morgan fingerprint density at radius 3 is 2.56 bits per heavy atom. The highest BCUT2D eigenvalue weighted by Crippen LogP contribution is 2.28. The fourth-order valence-corrected chi connectivity index (χ4v) is 2.69. The molecule has 0 radical (unpaired) electrons. The normalized spacial score (nSPS) is 10.4. The molecule has 0 unspecified atom stereocenters. The second-order valence-electron chi connectivity index (χ2n) is 3.85. The molecule has 2 nitrogen and oxygen atoms in total. The van der Waals surface area contributed by atoms with Crippen molar-refractivity contribution in [1.82, 2.24) is 0 Å². The topological polar surface area (TPSA) is 35.2 Å². The van der Waals surface area contributed by atoms with Crippen molar-refractivity contribution < 1.29 is 4.74 Å². The summed E-state index contributed by atoms with van der Waals surface area (Å²) in [7, 11) is 0. The molecule has 0 aliphatic rings. The molecule has 94 valence electrons. The molecule has 2 aromatic rings. The van der Waals surface area contributed by atoms with Crippen molar-refractivity contribution in [2.24, 2.45) is 5.73 Å². The first-order valence-electron chi connectivity index (χ1n) is 5.61. The van der Waals surface area contributed by atoms with Gasteiger partial charge < -0.3 is 10.5 Å². The van der Waals surface area contributed by atoms with E-state index in [0.29, 0.717) is 6.54 Å². The smallest absolute Gasteiger partial charge is 0.128 e. The van der Waals surface area contributed by atoms with E-state index in [1.165, 1.54) is 5.56 Å². The second-order valence-corrected chi connectivity index (χ2v) is 5.95. The Balaban J connectivity index is 2.17. The molecular formula is C14H13BrINO. The predicted octanol–water partition coefficient (Wildman–Crippen LogP) is 4.35. The third-order valence-corrected chi connectivity index (χ3v) is 3.88. The number of hydrogen-bond acceptors (Lipinski definition) is 2. The van der Waals surface area contributed by atoms with Gasteiger partial charge >= 0.3 is 0 Å². The van der Waals surface area contributed by atoms with E-state index in [9.17, 15) is 0 Å². The van der Waals surface area contributed by atoms with Crippen LogP contribution in [0.2, 0.25) is 0 Å². The first-order chi connectivity index (χ1) is 8.69. The van der Waals surface area contributed by atoms with Gasteiger partial charge in [0.25, 0.3) is 0 Å². The number of nitrogens with two attached hydrogens (primary N) is 1. The van der Waals surface area contributed by atoms with Crippen LogP contribution in [0.3, 0.4) is 0 Å². The van der Waals surface area contributed by atoms with Crippen LogP contribution in [-0.2, 0) is 6.42 Å². The second kappa shape index (κ2) is 6.54. The molecule has 0 atom stereocenters. The Labute approximate surface area is 129 Å². The van der Waals surface area contributed by atoms with E-state index in [1.54, 1.807) is 0 Å². The van der Waals surface area contributed by atoms with Gasteiger partial charge in [0.15, 0.2) is 0 Å². The Kier molecular flexibility index (Phi) is 5.03. The third kappa shape index (κ3) is 3.70. The summed E-state index contributed by atoms with van der Waals surface area (Å²) in [4.78, 5) is 0. The van der Waals surface area contributed by atoms with Crippen LogP contribution in [-0.4, -0.2) is 6.54 Å². The molecule has 0 saturated heterocycles. The Hall–Kier alpha value is -0.590. The van der Waals surface area contributed by atoms with Crippen molar-refractivity contribution in [2.45, 2.75) is 6.42 Å². The quantitative estimate of drug-likeness (QED) is 0.750. The SMILES string of the molecule is NCCc1ccc(Oc2cccc(I)c2)cc1Br. The maximum absolute atomic E-state index is 5.81. The van der Waals surface area contributed by atoms with Gasteiger partial charge in [-0.1, -0.05) is 28.1 Å². The molecule has 0 aliphatic heterocycles. The van der Waals surface area contributed by atoms with Crippen molar-refractivity contribution in [2.75, 3.05) is 6.54 Å². The highest BCUT2D eigenvalue weighted by atomic mass is 127. The van der Waals surface area contributed by atoms with Crippen LogP contribution in [0, 0.1) is 3.57 Å². The fraction of sp³-hybridized carbons (Fsp3) is 0.143. The highest BCUT2D eigenvalue weighted by molar-refractivity contribution is 14.1. The van der Waals surface area contributed by atoms with E-state index < -0.39 is 0 Å². The van der Waals surface area contributed by atoms with Crippen molar-refractivity contribution in [3.8, 4) is 11.5 Å². The van der Waals surface area contributed by atoms with Crippen LogP contribution >= 0.6 is 38.5 Å². The van der Waals surface area contributed by atoms with Gasteiger partial charge in [0.2, 0.25) is 0 Å². The number of rotatable bonds is 4. The van der Waals surface area contributed by atoms with Gasteiger partial charge in [0.05, 0.1) is 0 Å². The first-order valence-corrected chi connectivity index (χ1v) is 7.48. The van der Waals surface area contributed by atoms with E-state index in [1.807, 2.05) is 42.5 Å². The molecule has 0 fully saturated rings. The maximum Gasteiger partial charge on any atom is 0.128 e. The summed E-state index contributed by atoms with van der Waals surface area (Å²) < 4.78 is 8.00. The molecule has 2 aromatic carbocycles. The van der Waals surface area contributed by atoms with Crippen molar-refractivity contribution in [3.63, 3.8) is 0 Å². The zero-order valence-electron chi connectivity index (χ0n) is 9.70. The zero-order chi connectivity index (χ0) is 13.0. The standard InChI is InChI=1S/C14H13BrINO/c15-14-9-13(5-4-10(14)6-7-17)18-12-3-1-2-11(16)8-12/h1-5,8-9H,6-7,17H2. The average molecular weight is 418 g/mol. The van der Waals surface area contributed by atoms with Crippen LogP contribution in [0.25, 0.3) is 0 Å². The van der Waals surface area contributed by atoms with Gasteiger partial charge in [0.1, 0.15) is 11.5 Å². The summed E-state index contributed by atoms with van der Waals surface area (Å²) >= 11 is 5.81. The van der Waals surface area contributed by atoms with E-state index in [4.69, 9.17) is 10.5 Å². The molecule has 0 saturated carbocycles. The summed E-state index contributed by atoms with van der Waals surface area (Å²) in [6, 6.07) is 14.0. The van der Waals surface area contributed by atoms with Gasteiger partial charge in [-0.05, 0) is 71.5 Å². The minimum absolute atomic E-state index is 0.648. The van der Waals surface area contributed by atoms with E-state index >= 15 is 0 Å². The lowest BCUT2D eigenvalue weighted by Gasteiger charge is -2.09.